The average Bonchev–Trinajstić information content (AvgIpc) is 2.78. The summed E-state index contributed by atoms with van der Waals surface area (Å²) in [5.74, 6) is 0.480. The van der Waals surface area contributed by atoms with Gasteiger partial charge in [-0.2, -0.15) is 0 Å². The van der Waals surface area contributed by atoms with Gasteiger partial charge in [-0.05, 0) is 25.7 Å². The number of amides is 1. The molecule has 0 aliphatic heterocycles. The summed E-state index contributed by atoms with van der Waals surface area (Å²) in [5.41, 5.74) is 6.22. The summed E-state index contributed by atoms with van der Waals surface area (Å²) >= 11 is 0. The Bertz CT molecular complexity index is 430. The van der Waals surface area contributed by atoms with Gasteiger partial charge in [-0.1, -0.05) is 19.8 Å². The molecule has 0 radical (unpaired) electrons. The summed E-state index contributed by atoms with van der Waals surface area (Å²) in [6, 6.07) is 0. The minimum Gasteiger partial charge on any atom is -0.438 e. The van der Waals surface area contributed by atoms with Gasteiger partial charge >= 0.3 is 0 Å². The van der Waals surface area contributed by atoms with E-state index in [2.05, 4.69) is 17.2 Å². The van der Waals surface area contributed by atoms with E-state index in [-0.39, 0.29) is 11.4 Å². The normalized spacial score (nSPS) is 28.1. The Morgan fingerprint density at radius 2 is 2.44 bits per heavy atom. The van der Waals surface area contributed by atoms with E-state index in [1.807, 2.05) is 0 Å². The van der Waals surface area contributed by atoms with Crippen LogP contribution in [0.3, 0.4) is 0 Å². The Labute approximate surface area is 107 Å². The molecule has 1 fully saturated rings. The van der Waals surface area contributed by atoms with Crippen molar-refractivity contribution in [2.24, 2.45) is 11.7 Å². The second-order valence-electron chi connectivity index (χ2n) is 5.23. The molecule has 1 aromatic rings. The summed E-state index contributed by atoms with van der Waals surface area (Å²) in [6.45, 7) is 4.38. The van der Waals surface area contributed by atoms with Crippen molar-refractivity contribution < 1.29 is 9.21 Å². The number of nitrogens with one attached hydrogen (secondary N) is 1. The Morgan fingerprint density at radius 1 is 1.67 bits per heavy atom. The Kier molecular flexibility index (Phi) is 3.71. The van der Waals surface area contributed by atoms with Crippen molar-refractivity contribution in [1.29, 1.82) is 0 Å². The zero-order chi connectivity index (χ0) is 13.2. The fourth-order valence-corrected chi connectivity index (χ4v) is 2.76. The second kappa shape index (κ2) is 5.10. The predicted molar refractivity (Wildman–Crippen MR) is 68.1 cm³/mol. The van der Waals surface area contributed by atoms with Crippen molar-refractivity contribution in [2.45, 2.75) is 45.1 Å². The fraction of sp³-hybridized carbons (Fsp3) is 0.692. The van der Waals surface area contributed by atoms with Gasteiger partial charge < -0.3 is 15.5 Å². The highest BCUT2D eigenvalue weighted by molar-refractivity contribution is 5.92. The molecule has 2 atom stereocenters. The highest BCUT2D eigenvalue weighted by Crippen LogP contribution is 2.33. The summed E-state index contributed by atoms with van der Waals surface area (Å²) in [4.78, 5) is 16.1. The van der Waals surface area contributed by atoms with Crippen LogP contribution in [-0.2, 0) is 0 Å². The highest BCUT2D eigenvalue weighted by Gasteiger charge is 2.39. The number of hydrogen-bond acceptors (Lipinski definition) is 4. The molecule has 1 aromatic heterocycles. The second-order valence-corrected chi connectivity index (χ2v) is 5.23. The van der Waals surface area contributed by atoms with Crippen molar-refractivity contribution in [3.8, 4) is 0 Å². The topological polar surface area (TPSA) is 81.2 Å². The Hall–Kier alpha value is -1.36. The van der Waals surface area contributed by atoms with Crippen molar-refractivity contribution in [2.75, 3.05) is 6.54 Å². The number of aryl methyl sites for hydroxylation is 1. The Morgan fingerprint density at radius 3 is 3.00 bits per heavy atom. The SMILES string of the molecule is Cc1ncoc1C(=O)NC1(CN)CCCCC1C. The monoisotopic (exact) mass is 251 g/mol. The van der Waals surface area contributed by atoms with Gasteiger partial charge in [0.15, 0.2) is 6.39 Å². The molecule has 5 nitrogen and oxygen atoms in total. The molecule has 2 rings (SSSR count). The number of carbonyl (C=O) groups is 1. The van der Waals surface area contributed by atoms with Crippen LogP contribution in [0, 0.1) is 12.8 Å². The number of rotatable bonds is 3. The number of carbonyl (C=O) groups excluding carboxylic acids is 1. The van der Waals surface area contributed by atoms with Gasteiger partial charge in [0.05, 0.1) is 11.2 Å². The molecule has 0 bridgehead atoms. The third-order valence-corrected chi connectivity index (χ3v) is 4.13. The average molecular weight is 251 g/mol. The van der Waals surface area contributed by atoms with Crippen LogP contribution in [0.15, 0.2) is 10.8 Å². The lowest BCUT2D eigenvalue weighted by Gasteiger charge is -2.42. The lowest BCUT2D eigenvalue weighted by molar-refractivity contribution is 0.0784. The van der Waals surface area contributed by atoms with E-state index in [1.165, 1.54) is 12.8 Å². The summed E-state index contributed by atoms with van der Waals surface area (Å²) < 4.78 is 5.13. The first kappa shape index (κ1) is 13.1. The maximum absolute atomic E-state index is 12.2. The third-order valence-electron chi connectivity index (χ3n) is 4.13. The first-order chi connectivity index (χ1) is 8.59. The first-order valence-electron chi connectivity index (χ1n) is 6.52. The van der Waals surface area contributed by atoms with Crippen molar-refractivity contribution >= 4 is 5.91 Å². The predicted octanol–water partition coefficient (Wildman–Crippen LogP) is 1.62. The van der Waals surface area contributed by atoms with Crippen molar-refractivity contribution in [1.82, 2.24) is 10.3 Å². The molecule has 1 saturated carbocycles. The van der Waals surface area contributed by atoms with Crippen LogP contribution in [0.25, 0.3) is 0 Å². The lowest BCUT2D eigenvalue weighted by atomic mass is 9.73. The number of nitrogens with two attached hydrogens (primary N) is 1. The zero-order valence-corrected chi connectivity index (χ0v) is 11.0. The van der Waals surface area contributed by atoms with Crippen LogP contribution in [0.5, 0.6) is 0 Å². The molecular formula is C13H21N3O2. The molecule has 5 heteroatoms. The van der Waals surface area contributed by atoms with Crippen molar-refractivity contribution in [3.05, 3.63) is 17.8 Å². The van der Waals surface area contributed by atoms with E-state index in [9.17, 15) is 4.79 Å². The summed E-state index contributed by atoms with van der Waals surface area (Å²) in [5, 5.41) is 3.08. The minimum absolute atomic E-state index is 0.204. The lowest BCUT2D eigenvalue weighted by Crippen LogP contribution is -2.59. The smallest absolute Gasteiger partial charge is 0.289 e. The molecule has 1 amide bonds. The minimum atomic E-state index is -0.297. The van der Waals surface area contributed by atoms with E-state index in [4.69, 9.17) is 10.2 Å². The quantitative estimate of drug-likeness (QED) is 0.855. The molecule has 2 unspecified atom stereocenters. The van der Waals surface area contributed by atoms with Gasteiger partial charge in [0.1, 0.15) is 0 Å². The van der Waals surface area contributed by atoms with E-state index in [1.54, 1.807) is 6.92 Å². The van der Waals surface area contributed by atoms with Gasteiger partial charge in [-0.15, -0.1) is 0 Å². The van der Waals surface area contributed by atoms with Gasteiger partial charge in [0, 0.05) is 6.54 Å². The number of oxazole rings is 1. The van der Waals surface area contributed by atoms with Crippen molar-refractivity contribution in [3.63, 3.8) is 0 Å². The first-order valence-corrected chi connectivity index (χ1v) is 6.52. The fourth-order valence-electron chi connectivity index (χ4n) is 2.76. The Balaban J connectivity index is 2.15. The van der Waals surface area contributed by atoms with Gasteiger partial charge in [-0.25, -0.2) is 4.98 Å². The van der Waals surface area contributed by atoms with Crippen LogP contribution >= 0.6 is 0 Å². The highest BCUT2D eigenvalue weighted by atomic mass is 16.3. The molecule has 1 aliphatic rings. The zero-order valence-electron chi connectivity index (χ0n) is 11.0. The van der Waals surface area contributed by atoms with Crippen LogP contribution in [0.4, 0.5) is 0 Å². The molecule has 1 heterocycles. The molecule has 0 saturated heterocycles. The molecule has 1 aliphatic carbocycles. The van der Waals surface area contributed by atoms with E-state index in [0.717, 1.165) is 19.3 Å². The number of aromatic nitrogens is 1. The number of nitrogens with zero attached hydrogens (tertiary/aromatic N) is 1. The van der Waals surface area contributed by atoms with Gasteiger partial charge in [0.25, 0.3) is 5.91 Å². The summed E-state index contributed by atoms with van der Waals surface area (Å²) in [6.07, 6.45) is 5.65. The molecule has 3 N–H and O–H groups in total. The summed E-state index contributed by atoms with van der Waals surface area (Å²) in [7, 11) is 0. The molecule has 0 aromatic carbocycles. The maximum Gasteiger partial charge on any atom is 0.289 e. The van der Waals surface area contributed by atoms with Crippen LogP contribution < -0.4 is 11.1 Å². The largest absolute Gasteiger partial charge is 0.438 e. The van der Waals surface area contributed by atoms with Crippen LogP contribution in [0.1, 0.15) is 48.9 Å². The third kappa shape index (κ3) is 2.27. The molecule has 18 heavy (non-hydrogen) atoms. The molecular weight excluding hydrogens is 230 g/mol. The van der Waals surface area contributed by atoms with E-state index < -0.39 is 0 Å². The molecule has 100 valence electrons. The van der Waals surface area contributed by atoms with Crippen LogP contribution in [-0.4, -0.2) is 23.0 Å². The van der Waals surface area contributed by atoms with E-state index >= 15 is 0 Å². The standard InChI is InChI=1S/C13H21N3O2/c1-9-5-3-4-6-13(9,7-14)16-12(17)11-10(2)15-8-18-11/h8-9H,3-7,14H2,1-2H3,(H,16,17). The van der Waals surface area contributed by atoms with E-state index in [0.29, 0.717) is 23.9 Å². The number of hydrogen-bond donors (Lipinski definition) is 2. The molecule has 0 spiro atoms. The van der Waals surface area contributed by atoms with Gasteiger partial charge in [-0.3, -0.25) is 4.79 Å². The van der Waals surface area contributed by atoms with Gasteiger partial charge in [0.2, 0.25) is 5.76 Å². The maximum atomic E-state index is 12.2. The van der Waals surface area contributed by atoms with Crippen LogP contribution in [0.2, 0.25) is 0 Å².